The highest BCUT2D eigenvalue weighted by atomic mass is 16.3. The van der Waals surface area contributed by atoms with Crippen LogP contribution < -0.4 is 16.4 Å². The Morgan fingerprint density at radius 1 is 1.31 bits per heavy atom. The lowest BCUT2D eigenvalue weighted by Crippen LogP contribution is -2.23. The zero-order chi connectivity index (χ0) is 12.1. The average molecular weight is 223 g/mol. The van der Waals surface area contributed by atoms with E-state index in [1.807, 2.05) is 12.1 Å². The predicted octanol–water partition coefficient (Wildman–Crippen LogP) is 1.20. The summed E-state index contributed by atoms with van der Waals surface area (Å²) in [5.41, 5.74) is 13.0. The number of hydrogen-bond donors (Lipinski definition) is 3. The predicted molar refractivity (Wildman–Crippen MR) is 67.7 cm³/mol. The van der Waals surface area contributed by atoms with Crippen molar-refractivity contribution in [2.45, 2.75) is 19.9 Å². The number of aromatic hydroxyl groups is 1. The molecule has 1 rings (SSSR count). The highest BCUT2D eigenvalue weighted by Gasteiger charge is 2.11. The lowest BCUT2D eigenvalue weighted by molar-refractivity contribution is 0.462. The van der Waals surface area contributed by atoms with Crippen molar-refractivity contribution < 1.29 is 5.11 Å². The maximum atomic E-state index is 9.87. The Hall–Kier alpha value is -1.26. The van der Waals surface area contributed by atoms with Gasteiger partial charge in [-0.2, -0.15) is 0 Å². The van der Waals surface area contributed by atoms with Crippen LogP contribution in [0.1, 0.15) is 25.5 Å². The van der Waals surface area contributed by atoms with Gasteiger partial charge in [0.2, 0.25) is 0 Å². The van der Waals surface area contributed by atoms with Crippen molar-refractivity contribution in [3.63, 3.8) is 0 Å². The number of nitrogens with two attached hydrogens (primary N) is 2. The van der Waals surface area contributed by atoms with Gasteiger partial charge in [-0.3, -0.25) is 0 Å². The molecule has 0 bridgehead atoms. The second-order valence-electron chi connectivity index (χ2n) is 3.76. The Morgan fingerprint density at radius 3 is 2.38 bits per heavy atom. The van der Waals surface area contributed by atoms with E-state index in [-0.39, 0.29) is 11.8 Å². The first kappa shape index (κ1) is 12.8. The highest BCUT2D eigenvalue weighted by molar-refractivity contribution is 5.54. The Bertz CT molecular complexity index is 337. The van der Waals surface area contributed by atoms with E-state index in [0.717, 1.165) is 18.8 Å². The molecule has 5 N–H and O–H groups in total. The molecule has 4 nitrogen and oxygen atoms in total. The summed E-state index contributed by atoms with van der Waals surface area (Å²) >= 11 is 0. The molecule has 4 heteroatoms. The van der Waals surface area contributed by atoms with E-state index in [4.69, 9.17) is 11.5 Å². The largest absolute Gasteiger partial charge is 0.508 e. The standard InChI is InChI=1S/C12H21N3O/c1-3-15(4-2)9-5-6-10(11(14)8-13)12(16)7-9/h5-7,11,16H,3-4,8,13-14H2,1-2H3/t11-/m1/s1. The van der Waals surface area contributed by atoms with Crippen molar-refractivity contribution in [3.05, 3.63) is 23.8 Å². The minimum atomic E-state index is -0.300. The highest BCUT2D eigenvalue weighted by Crippen LogP contribution is 2.27. The van der Waals surface area contributed by atoms with E-state index in [9.17, 15) is 5.11 Å². The SMILES string of the molecule is CCN(CC)c1ccc([C@H](N)CN)c(O)c1. The lowest BCUT2D eigenvalue weighted by Gasteiger charge is -2.22. The van der Waals surface area contributed by atoms with E-state index in [0.29, 0.717) is 12.1 Å². The minimum Gasteiger partial charge on any atom is -0.508 e. The van der Waals surface area contributed by atoms with Crippen LogP contribution in [0.25, 0.3) is 0 Å². The van der Waals surface area contributed by atoms with Crippen molar-refractivity contribution in [1.29, 1.82) is 0 Å². The quantitative estimate of drug-likeness (QED) is 0.701. The number of rotatable bonds is 5. The van der Waals surface area contributed by atoms with Gasteiger partial charge in [0.25, 0.3) is 0 Å². The van der Waals surface area contributed by atoms with E-state index in [2.05, 4.69) is 18.7 Å². The molecular formula is C12H21N3O. The van der Waals surface area contributed by atoms with Crippen molar-refractivity contribution in [2.24, 2.45) is 11.5 Å². The summed E-state index contributed by atoms with van der Waals surface area (Å²) < 4.78 is 0. The van der Waals surface area contributed by atoms with Crippen LogP contribution in [0.2, 0.25) is 0 Å². The van der Waals surface area contributed by atoms with Crippen LogP contribution in [-0.2, 0) is 0 Å². The monoisotopic (exact) mass is 223 g/mol. The number of phenolic OH excluding ortho intramolecular Hbond substituents is 1. The summed E-state index contributed by atoms with van der Waals surface area (Å²) in [5.74, 6) is 0.224. The van der Waals surface area contributed by atoms with Gasteiger partial charge in [-0.25, -0.2) is 0 Å². The average Bonchev–Trinajstić information content (AvgIpc) is 2.30. The third kappa shape index (κ3) is 2.65. The number of anilines is 1. The molecule has 0 radical (unpaired) electrons. The van der Waals surface area contributed by atoms with Crippen LogP contribution in [-0.4, -0.2) is 24.7 Å². The van der Waals surface area contributed by atoms with E-state index >= 15 is 0 Å². The molecule has 0 amide bonds. The minimum absolute atomic E-state index is 0.224. The van der Waals surface area contributed by atoms with E-state index in [1.54, 1.807) is 6.07 Å². The third-order valence-electron chi connectivity index (χ3n) is 2.80. The van der Waals surface area contributed by atoms with Gasteiger partial charge in [-0.05, 0) is 19.9 Å². The molecule has 0 saturated heterocycles. The van der Waals surface area contributed by atoms with Gasteiger partial charge in [0.05, 0.1) is 0 Å². The van der Waals surface area contributed by atoms with Gasteiger partial charge in [0.1, 0.15) is 5.75 Å². The summed E-state index contributed by atoms with van der Waals surface area (Å²) in [6.45, 7) is 6.33. The molecule has 0 aromatic heterocycles. The number of nitrogens with zero attached hydrogens (tertiary/aromatic N) is 1. The Kier molecular flexibility index (Phi) is 4.58. The topological polar surface area (TPSA) is 75.5 Å². The molecule has 0 aliphatic carbocycles. The van der Waals surface area contributed by atoms with Gasteiger partial charge in [0.15, 0.2) is 0 Å². The zero-order valence-corrected chi connectivity index (χ0v) is 9.98. The number of phenols is 1. The normalized spacial score (nSPS) is 12.5. The zero-order valence-electron chi connectivity index (χ0n) is 9.98. The summed E-state index contributed by atoms with van der Waals surface area (Å²) in [5, 5.41) is 9.87. The maximum Gasteiger partial charge on any atom is 0.122 e. The van der Waals surface area contributed by atoms with Crippen molar-refractivity contribution in [2.75, 3.05) is 24.5 Å². The van der Waals surface area contributed by atoms with Crippen molar-refractivity contribution in [1.82, 2.24) is 0 Å². The molecule has 0 unspecified atom stereocenters. The van der Waals surface area contributed by atoms with Gasteiger partial charge in [-0.1, -0.05) is 6.07 Å². The second kappa shape index (κ2) is 5.72. The molecule has 1 aromatic rings. The molecule has 0 aliphatic rings. The molecule has 0 saturated carbocycles. The molecule has 0 spiro atoms. The molecule has 1 aromatic carbocycles. The molecular weight excluding hydrogens is 202 g/mol. The first-order valence-electron chi connectivity index (χ1n) is 5.67. The van der Waals surface area contributed by atoms with Crippen molar-refractivity contribution in [3.8, 4) is 5.75 Å². The molecule has 0 fully saturated rings. The summed E-state index contributed by atoms with van der Waals surface area (Å²) in [4.78, 5) is 2.16. The van der Waals surface area contributed by atoms with Crippen LogP contribution in [0.4, 0.5) is 5.69 Å². The molecule has 0 aliphatic heterocycles. The first-order valence-corrected chi connectivity index (χ1v) is 5.67. The Labute approximate surface area is 96.9 Å². The third-order valence-corrected chi connectivity index (χ3v) is 2.80. The van der Waals surface area contributed by atoms with Crippen LogP contribution >= 0.6 is 0 Å². The maximum absolute atomic E-state index is 9.87. The smallest absolute Gasteiger partial charge is 0.122 e. The molecule has 1 atom stereocenters. The Morgan fingerprint density at radius 2 is 1.94 bits per heavy atom. The Balaban J connectivity index is 2.98. The second-order valence-corrected chi connectivity index (χ2v) is 3.76. The summed E-state index contributed by atoms with van der Waals surface area (Å²) in [6, 6.07) is 5.27. The van der Waals surface area contributed by atoms with Crippen LogP contribution in [0.5, 0.6) is 5.75 Å². The van der Waals surface area contributed by atoms with Crippen LogP contribution in [0.3, 0.4) is 0 Å². The first-order chi connectivity index (χ1) is 7.63. The van der Waals surface area contributed by atoms with Crippen molar-refractivity contribution >= 4 is 5.69 Å². The molecule has 0 heterocycles. The molecule has 16 heavy (non-hydrogen) atoms. The number of hydrogen-bond acceptors (Lipinski definition) is 4. The molecule has 90 valence electrons. The summed E-state index contributed by atoms with van der Waals surface area (Å²) in [6.07, 6.45) is 0. The fourth-order valence-corrected chi connectivity index (χ4v) is 1.76. The fraction of sp³-hybridized carbons (Fsp3) is 0.500. The van der Waals surface area contributed by atoms with Gasteiger partial charge >= 0.3 is 0 Å². The lowest BCUT2D eigenvalue weighted by atomic mass is 10.1. The number of benzene rings is 1. The van der Waals surface area contributed by atoms with Gasteiger partial charge in [-0.15, -0.1) is 0 Å². The van der Waals surface area contributed by atoms with E-state index < -0.39 is 0 Å². The van der Waals surface area contributed by atoms with Crippen LogP contribution in [0.15, 0.2) is 18.2 Å². The van der Waals surface area contributed by atoms with E-state index in [1.165, 1.54) is 0 Å². The van der Waals surface area contributed by atoms with Gasteiger partial charge < -0.3 is 21.5 Å². The van der Waals surface area contributed by atoms with Crippen LogP contribution in [0, 0.1) is 0 Å². The fourth-order valence-electron chi connectivity index (χ4n) is 1.76. The van der Waals surface area contributed by atoms with Gasteiger partial charge in [0, 0.05) is 43.0 Å². The summed E-state index contributed by atoms with van der Waals surface area (Å²) in [7, 11) is 0.